The van der Waals surface area contributed by atoms with Crippen LogP contribution in [0.1, 0.15) is 22.3 Å². The Balaban J connectivity index is 2.07. The van der Waals surface area contributed by atoms with Gasteiger partial charge in [-0.3, -0.25) is 0 Å². The van der Waals surface area contributed by atoms with Gasteiger partial charge in [-0.15, -0.1) is 0 Å². The molecule has 0 aliphatic heterocycles. The molecule has 32 heavy (non-hydrogen) atoms. The molecule has 4 aromatic rings. The van der Waals surface area contributed by atoms with E-state index in [-0.39, 0.29) is 0 Å². The van der Waals surface area contributed by atoms with Gasteiger partial charge in [0.2, 0.25) is 0 Å². The lowest BCUT2D eigenvalue weighted by molar-refractivity contribution is 0.408. The van der Waals surface area contributed by atoms with Crippen LogP contribution in [0.2, 0.25) is 5.02 Å². The van der Waals surface area contributed by atoms with Crippen molar-refractivity contribution in [2.24, 2.45) is 0 Å². The van der Waals surface area contributed by atoms with Crippen molar-refractivity contribution in [2.45, 2.75) is 26.9 Å². The highest BCUT2D eigenvalue weighted by Gasteiger charge is 2.46. The largest absolute Gasteiger partial charge is 0.496 e. The van der Waals surface area contributed by atoms with Crippen molar-refractivity contribution in [1.29, 1.82) is 0 Å². The Hall–Kier alpha value is -2.60. The van der Waals surface area contributed by atoms with Crippen LogP contribution in [0.3, 0.4) is 0 Å². The number of methoxy groups -OCH3 is 1. The first-order valence-corrected chi connectivity index (χ1v) is 13.2. The van der Waals surface area contributed by atoms with Gasteiger partial charge in [0.1, 0.15) is 35.1 Å². The number of hydrogen-bond acceptors (Lipinski definition) is 1. The predicted octanol–water partition coefficient (Wildman–Crippen LogP) is 6.77. The SMILES string of the molecule is COc1c(C)c(C)c(C[P+](c2ccccc2)(c2ccccc2)c2ccccc2)c(Cl)c1C. The Morgan fingerprint density at radius 1 is 0.625 bits per heavy atom. The Morgan fingerprint density at radius 3 is 1.41 bits per heavy atom. The van der Waals surface area contributed by atoms with Gasteiger partial charge in [-0.05, 0) is 68.3 Å². The third-order valence-corrected chi connectivity index (χ3v) is 11.3. The van der Waals surface area contributed by atoms with E-state index in [1.807, 2.05) is 0 Å². The normalized spacial score (nSPS) is 11.4. The molecule has 0 aliphatic carbocycles. The summed E-state index contributed by atoms with van der Waals surface area (Å²) in [6.07, 6.45) is 0.862. The summed E-state index contributed by atoms with van der Waals surface area (Å²) in [5.74, 6) is 0.888. The fraction of sp³-hybridized carbons (Fsp3) is 0.172. The van der Waals surface area contributed by atoms with Crippen molar-refractivity contribution >= 4 is 34.8 Å². The molecule has 0 spiro atoms. The summed E-state index contributed by atoms with van der Waals surface area (Å²) in [5, 5.41) is 4.90. The number of ether oxygens (including phenoxy) is 1. The van der Waals surface area contributed by atoms with Crippen LogP contribution in [0.15, 0.2) is 91.0 Å². The number of hydrogen-bond donors (Lipinski definition) is 0. The highest BCUT2D eigenvalue weighted by Crippen LogP contribution is 2.59. The summed E-state index contributed by atoms with van der Waals surface area (Å²) in [7, 11) is -0.295. The van der Waals surface area contributed by atoms with Crippen LogP contribution in [0.4, 0.5) is 0 Å². The first-order valence-electron chi connectivity index (χ1n) is 10.9. The summed E-state index contributed by atoms with van der Waals surface area (Å²) in [4.78, 5) is 0. The van der Waals surface area contributed by atoms with Crippen molar-refractivity contribution in [3.63, 3.8) is 0 Å². The average molecular weight is 460 g/mol. The summed E-state index contributed by atoms with van der Waals surface area (Å²) in [6.45, 7) is 6.37. The number of rotatable bonds is 6. The van der Waals surface area contributed by atoms with Crippen LogP contribution in [0, 0.1) is 20.8 Å². The van der Waals surface area contributed by atoms with Crippen LogP contribution >= 0.6 is 18.9 Å². The molecule has 4 aromatic carbocycles. The van der Waals surface area contributed by atoms with Crippen LogP contribution < -0.4 is 20.7 Å². The average Bonchev–Trinajstić information content (AvgIpc) is 2.85. The van der Waals surface area contributed by atoms with E-state index in [2.05, 4.69) is 112 Å². The van der Waals surface area contributed by atoms with Crippen molar-refractivity contribution in [3.05, 3.63) is 118 Å². The summed E-state index contributed by atoms with van der Waals surface area (Å²) < 4.78 is 5.70. The standard InChI is InChI=1S/C29H29ClOP/c1-21-22(2)29(31-4)23(3)28(30)27(21)20-32(24-14-8-5-9-15-24,25-16-10-6-11-17-25)26-18-12-7-13-19-26/h5-19H,20H2,1-4H3/q+1. The van der Waals surface area contributed by atoms with E-state index in [4.69, 9.17) is 16.3 Å². The molecule has 0 aromatic heterocycles. The zero-order chi connectivity index (χ0) is 22.7. The lowest BCUT2D eigenvalue weighted by Crippen LogP contribution is -2.32. The smallest absolute Gasteiger partial charge is 0.126 e. The van der Waals surface area contributed by atoms with Crippen LogP contribution in [-0.4, -0.2) is 7.11 Å². The minimum atomic E-state index is -2.02. The second-order valence-corrected chi connectivity index (χ2v) is 12.0. The molecule has 3 heteroatoms. The van der Waals surface area contributed by atoms with Gasteiger partial charge in [0.25, 0.3) is 0 Å². The molecule has 0 N–H and O–H groups in total. The minimum Gasteiger partial charge on any atom is -0.496 e. The zero-order valence-corrected chi connectivity index (χ0v) is 20.8. The van der Waals surface area contributed by atoms with Crippen LogP contribution in [0.5, 0.6) is 5.75 Å². The van der Waals surface area contributed by atoms with Gasteiger partial charge in [0.15, 0.2) is 0 Å². The number of benzene rings is 4. The second kappa shape index (κ2) is 9.49. The topological polar surface area (TPSA) is 9.23 Å². The fourth-order valence-corrected chi connectivity index (χ4v) is 9.41. The highest BCUT2D eigenvalue weighted by molar-refractivity contribution is 7.95. The first kappa shape index (κ1) is 22.6. The molecule has 0 atom stereocenters. The third kappa shape index (κ3) is 3.85. The monoisotopic (exact) mass is 459 g/mol. The van der Waals surface area contributed by atoms with Gasteiger partial charge in [-0.25, -0.2) is 0 Å². The van der Waals surface area contributed by atoms with Gasteiger partial charge < -0.3 is 4.74 Å². The van der Waals surface area contributed by atoms with Gasteiger partial charge in [-0.2, -0.15) is 0 Å². The lowest BCUT2D eigenvalue weighted by Gasteiger charge is -2.29. The summed E-state index contributed by atoms with van der Waals surface area (Å²) in [6, 6.07) is 32.8. The second-order valence-electron chi connectivity index (χ2n) is 8.18. The summed E-state index contributed by atoms with van der Waals surface area (Å²) in [5.41, 5.74) is 4.60. The zero-order valence-electron chi connectivity index (χ0n) is 19.1. The molecule has 0 heterocycles. The Labute approximate surface area is 197 Å². The van der Waals surface area contributed by atoms with Crippen molar-refractivity contribution in [2.75, 3.05) is 7.11 Å². The van der Waals surface area contributed by atoms with Crippen molar-refractivity contribution in [3.8, 4) is 5.75 Å². The fourth-order valence-electron chi connectivity index (χ4n) is 4.67. The van der Waals surface area contributed by atoms with E-state index in [9.17, 15) is 0 Å². The van der Waals surface area contributed by atoms with Crippen molar-refractivity contribution < 1.29 is 4.74 Å². The molecule has 4 rings (SSSR count). The molecule has 0 saturated carbocycles. The Morgan fingerprint density at radius 2 is 1.03 bits per heavy atom. The quantitative estimate of drug-likeness (QED) is 0.289. The molecule has 162 valence electrons. The predicted molar refractivity (Wildman–Crippen MR) is 141 cm³/mol. The van der Waals surface area contributed by atoms with Crippen LogP contribution in [0.25, 0.3) is 0 Å². The Bertz CT molecular complexity index is 1080. The maximum atomic E-state index is 7.06. The molecule has 0 amide bonds. The Kier molecular flexibility index (Phi) is 6.70. The van der Waals surface area contributed by atoms with Gasteiger partial charge in [0.05, 0.1) is 12.1 Å². The summed E-state index contributed by atoms with van der Waals surface area (Å²) >= 11 is 7.06. The lowest BCUT2D eigenvalue weighted by atomic mass is 9.99. The van der Waals surface area contributed by atoms with E-state index in [0.29, 0.717) is 0 Å². The molecular weight excluding hydrogens is 431 g/mol. The van der Waals surface area contributed by atoms with E-state index in [1.165, 1.54) is 27.0 Å². The highest BCUT2D eigenvalue weighted by atomic mass is 35.5. The molecule has 1 nitrogen and oxygen atoms in total. The molecule has 0 radical (unpaired) electrons. The van der Waals surface area contributed by atoms with Crippen molar-refractivity contribution in [1.82, 2.24) is 0 Å². The van der Waals surface area contributed by atoms with E-state index >= 15 is 0 Å². The van der Waals surface area contributed by atoms with E-state index in [0.717, 1.165) is 28.1 Å². The molecule has 0 unspecified atom stereocenters. The molecule has 0 saturated heterocycles. The van der Waals surface area contributed by atoms with E-state index < -0.39 is 7.26 Å². The molecular formula is C29H29ClOP+. The maximum absolute atomic E-state index is 7.06. The van der Waals surface area contributed by atoms with Crippen LogP contribution in [-0.2, 0) is 6.16 Å². The molecule has 0 bridgehead atoms. The number of halogens is 1. The first-order chi connectivity index (χ1) is 15.5. The minimum absolute atomic E-state index is 0.817. The van der Waals surface area contributed by atoms with Gasteiger partial charge in [0, 0.05) is 11.1 Å². The third-order valence-electron chi connectivity index (χ3n) is 6.48. The molecule has 0 fully saturated rings. The van der Waals surface area contributed by atoms with Gasteiger partial charge in [-0.1, -0.05) is 66.2 Å². The maximum Gasteiger partial charge on any atom is 0.126 e. The van der Waals surface area contributed by atoms with E-state index in [1.54, 1.807) is 7.11 Å². The molecule has 0 aliphatic rings. The van der Waals surface area contributed by atoms with Gasteiger partial charge >= 0.3 is 0 Å².